The molecule has 0 radical (unpaired) electrons. The average molecular weight is 582 g/mol. The molecule has 1 saturated heterocycles. The first kappa shape index (κ1) is 26.8. The molecule has 2 aromatic carbocycles. The lowest BCUT2D eigenvalue weighted by molar-refractivity contribution is 0.0691. The van der Waals surface area contributed by atoms with Gasteiger partial charge in [-0.1, -0.05) is 18.2 Å². The lowest BCUT2D eigenvalue weighted by Gasteiger charge is -2.29. The smallest absolute Gasteiger partial charge is 0.355 e. The van der Waals surface area contributed by atoms with E-state index in [0.29, 0.717) is 36.2 Å². The molecular formula is C28H28FN5O4S2. The highest BCUT2D eigenvalue weighted by atomic mass is 32.2. The van der Waals surface area contributed by atoms with Gasteiger partial charge in [0.25, 0.3) is 0 Å². The summed E-state index contributed by atoms with van der Waals surface area (Å²) < 4.78 is 33.8. The molecule has 1 unspecified atom stereocenters. The Kier molecular flexibility index (Phi) is 7.49. The molecule has 0 bridgehead atoms. The van der Waals surface area contributed by atoms with E-state index in [0.717, 1.165) is 60.6 Å². The Labute approximate surface area is 237 Å². The van der Waals surface area contributed by atoms with Crippen LogP contribution in [0.5, 0.6) is 0 Å². The fourth-order valence-corrected chi connectivity index (χ4v) is 6.24. The van der Waals surface area contributed by atoms with Crippen molar-refractivity contribution in [2.75, 3.05) is 31.2 Å². The van der Waals surface area contributed by atoms with Crippen molar-refractivity contribution in [2.24, 2.45) is 11.1 Å². The van der Waals surface area contributed by atoms with Crippen LogP contribution in [0.3, 0.4) is 0 Å². The fraction of sp³-hybridized carbons (Fsp3) is 0.321. The summed E-state index contributed by atoms with van der Waals surface area (Å²) >= 11 is 1.23. The van der Waals surface area contributed by atoms with E-state index in [9.17, 15) is 18.5 Å². The standard InChI is InChI=1S/C28H28FN5O4S2/c29-22-13-18(6-7-25(22)40(30)37)12-21-24(14-17-4-5-17)34(28-31-23(16-39-28)27(35)36)32-26(21)19-2-1-3-20(15-19)33-8-10-38-11-9-33/h1-3,6-7,13,15-17H,4-5,8-12,14,30H2,(H,35,36). The van der Waals surface area contributed by atoms with Crippen LogP contribution in [0, 0.1) is 11.7 Å². The van der Waals surface area contributed by atoms with Gasteiger partial charge in [0.15, 0.2) is 5.69 Å². The van der Waals surface area contributed by atoms with Crippen LogP contribution >= 0.6 is 11.3 Å². The predicted molar refractivity (Wildman–Crippen MR) is 151 cm³/mol. The van der Waals surface area contributed by atoms with Gasteiger partial charge in [0.1, 0.15) is 16.8 Å². The molecule has 4 aromatic rings. The minimum Gasteiger partial charge on any atom is -0.476 e. The minimum atomic E-state index is -1.92. The van der Waals surface area contributed by atoms with Gasteiger partial charge in [-0.15, -0.1) is 11.3 Å². The van der Waals surface area contributed by atoms with Crippen molar-refractivity contribution in [2.45, 2.75) is 30.6 Å². The molecule has 1 aliphatic carbocycles. The molecule has 0 amide bonds. The summed E-state index contributed by atoms with van der Waals surface area (Å²) in [6.45, 7) is 2.92. The van der Waals surface area contributed by atoms with Gasteiger partial charge in [0, 0.05) is 41.7 Å². The lowest BCUT2D eigenvalue weighted by Crippen LogP contribution is -2.36. The normalized spacial score (nSPS) is 16.3. The number of halogens is 1. The number of aromatic nitrogens is 3. The van der Waals surface area contributed by atoms with E-state index in [1.807, 2.05) is 12.1 Å². The quantitative estimate of drug-likeness (QED) is 0.304. The number of thiazole rings is 1. The molecule has 3 heterocycles. The van der Waals surface area contributed by atoms with Gasteiger partial charge in [-0.05, 0) is 55.0 Å². The number of ether oxygens (including phenoxy) is 1. The third-order valence-corrected chi connectivity index (χ3v) is 8.83. The van der Waals surface area contributed by atoms with E-state index in [2.05, 4.69) is 22.0 Å². The van der Waals surface area contributed by atoms with Crippen LogP contribution < -0.4 is 10.0 Å². The van der Waals surface area contributed by atoms with Gasteiger partial charge in [0.2, 0.25) is 5.13 Å². The third kappa shape index (κ3) is 5.57. The first-order chi connectivity index (χ1) is 19.4. The molecule has 1 aliphatic heterocycles. The SMILES string of the molecule is NS(=O)c1ccc(Cc2c(-c3cccc(N4CCOCC4)c3)nn(-c3nc(C(=O)O)cs3)c2CC2CC2)cc1F. The van der Waals surface area contributed by atoms with E-state index in [4.69, 9.17) is 15.0 Å². The van der Waals surface area contributed by atoms with Crippen LogP contribution in [0.4, 0.5) is 10.1 Å². The van der Waals surface area contributed by atoms with Crippen LogP contribution in [0.1, 0.15) is 40.2 Å². The van der Waals surface area contributed by atoms with Crippen molar-refractivity contribution >= 4 is 34.0 Å². The molecule has 1 atom stereocenters. The molecule has 1 saturated carbocycles. The molecule has 0 spiro atoms. The van der Waals surface area contributed by atoms with Crippen LogP contribution in [0.25, 0.3) is 16.4 Å². The fourth-order valence-electron chi connectivity index (χ4n) is 5.02. The first-order valence-corrected chi connectivity index (χ1v) is 15.1. The maximum Gasteiger partial charge on any atom is 0.355 e. The van der Waals surface area contributed by atoms with Crippen LogP contribution in [0.15, 0.2) is 52.7 Å². The predicted octanol–water partition coefficient (Wildman–Crippen LogP) is 4.19. The summed E-state index contributed by atoms with van der Waals surface area (Å²) in [6.07, 6.45) is 3.35. The van der Waals surface area contributed by atoms with Crippen molar-refractivity contribution in [1.82, 2.24) is 14.8 Å². The van der Waals surface area contributed by atoms with Gasteiger partial charge in [-0.2, -0.15) is 5.10 Å². The second kappa shape index (κ2) is 11.2. The summed E-state index contributed by atoms with van der Waals surface area (Å²) in [7, 11) is -1.92. The highest BCUT2D eigenvalue weighted by molar-refractivity contribution is 7.82. The van der Waals surface area contributed by atoms with Gasteiger partial charge >= 0.3 is 5.97 Å². The number of benzene rings is 2. The molecule has 3 N–H and O–H groups in total. The lowest BCUT2D eigenvalue weighted by atomic mass is 9.96. The van der Waals surface area contributed by atoms with E-state index in [1.165, 1.54) is 28.8 Å². The second-order valence-electron chi connectivity index (χ2n) is 10.0. The molecule has 40 heavy (non-hydrogen) atoms. The van der Waals surface area contributed by atoms with Crippen molar-refractivity contribution in [3.63, 3.8) is 0 Å². The topological polar surface area (TPSA) is 124 Å². The molecule has 6 rings (SSSR count). The summed E-state index contributed by atoms with van der Waals surface area (Å²) in [5, 5.41) is 21.9. The van der Waals surface area contributed by atoms with E-state index < -0.39 is 22.8 Å². The number of morpholine rings is 1. The maximum absolute atomic E-state index is 14.8. The molecule has 12 heteroatoms. The molecular weight excluding hydrogens is 553 g/mol. The first-order valence-electron chi connectivity index (χ1n) is 13.0. The number of carboxylic acid groups (broad SMARTS) is 1. The highest BCUT2D eigenvalue weighted by Gasteiger charge is 2.29. The monoisotopic (exact) mass is 581 g/mol. The number of rotatable bonds is 9. The van der Waals surface area contributed by atoms with Crippen LogP contribution in [-0.2, 0) is 28.6 Å². The number of anilines is 1. The number of carbonyl (C=O) groups is 1. The van der Waals surface area contributed by atoms with Crippen molar-refractivity contribution in [1.29, 1.82) is 0 Å². The Morgan fingerprint density at radius 2 is 2.00 bits per heavy atom. The zero-order valence-electron chi connectivity index (χ0n) is 21.6. The van der Waals surface area contributed by atoms with Crippen molar-refractivity contribution in [3.8, 4) is 16.4 Å². The van der Waals surface area contributed by atoms with Gasteiger partial charge in [-0.3, -0.25) is 0 Å². The Balaban J connectivity index is 1.49. The zero-order valence-corrected chi connectivity index (χ0v) is 23.2. The minimum absolute atomic E-state index is 0.0299. The molecule has 2 aliphatic rings. The number of aromatic carboxylic acids is 1. The Bertz CT molecular complexity index is 1590. The summed E-state index contributed by atoms with van der Waals surface area (Å²) in [4.78, 5) is 18.2. The zero-order chi connectivity index (χ0) is 27.8. The molecule has 2 aromatic heterocycles. The maximum atomic E-state index is 14.8. The van der Waals surface area contributed by atoms with Crippen molar-refractivity contribution < 1.29 is 23.2 Å². The number of nitrogens with two attached hydrogens (primary N) is 1. The van der Waals surface area contributed by atoms with Gasteiger partial charge < -0.3 is 14.7 Å². The third-order valence-electron chi connectivity index (χ3n) is 7.25. The van der Waals surface area contributed by atoms with Crippen LogP contribution in [-0.4, -0.2) is 56.4 Å². The largest absolute Gasteiger partial charge is 0.476 e. The van der Waals surface area contributed by atoms with Crippen molar-refractivity contribution in [3.05, 3.63) is 76.2 Å². The number of nitrogens with zero attached hydrogens (tertiary/aromatic N) is 4. The molecule has 2 fully saturated rings. The highest BCUT2D eigenvalue weighted by Crippen LogP contribution is 2.38. The number of hydrogen-bond donors (Lipinski definition) is 2. The number of carboxylic acids is 1. The number of hydrogen-bond acceptors (Lipinski definition) is 7. The van der Waals surface area contributed by atoms with E-state index >= 15 is 0 Å². The Morgan fingerprint density at radius 1 is 1.20 bits per heavy atom. The van der Waals surface area contributed by atoms with Gasteiger partial charge in [0.05, 0.1) is 29.5 Å². The van der Waals surface area contributed by atoms with Gasteiger partial charge in [-0.25, -0.2) is 28.2 Å². The summed E-state index contributed by atoms with van der Waals surface area (Å²) in [6, 6.07) is 12.8. The molecule has 9 nitrogen and oxygen atoms in total. The summed E-state index contributed by atoms with van der Waals surface area (Å²) in [5.74, 6) is -1.21. The average Bonchev–Trinajstić information content (AvgIpc) is 3.51. The van der Waals surface area contributed by atoms with E-state index in [-0.39, 0.29) is 10.6 Å². The van der Waals surface area contributed by atoms with Crippen LogP contribution in [0.2, 0.25) is 0 Å². The summed E-state index contributed by atoms with van der Waals surface area (Å²) in [5.41, 5.74) is 5.24. The Hall–Kier alpha value is -3.45. The second-order valence-corrected chi connectivity index (χ2v) is 11.9. The molecule has 208 valence electrons. The Morgan fingerprint density at radius 3 is 2.67 bits per heavy atom. The van der Waals surface area contributed by atoms with E-state index in [1.54, 1.807) is 10.7 Å².